The van der Waals surface area contributed by atoms with Gasteiger partial charge in [-0.2, -0.15) is 0 Å². The van der Waals surface area contributed by atoms with E-state index in [1.807, 2.05) is 0 Å². The highest BCUT2D eigenvalue weighted by molar-refractivity contribution is 5.69. The lowest BCUT2D eigenvalue weighted by Crippen LogP contribution is -2.49. The third-order valence-corrected chi connectivity index (χ3v) is 4.52. The van der Waals surface area contributed by atoms with Crippen molar-refractivity contribution in [2.24, 2.45) is 11.8 Å². The normalized spacial score (nSPS) is 17.0. The third kappa shape index (κ3) is 3.62. The summed E-state index contributed by atoms with van der Waals surface area (Å²) in [6, 6.07) is 8.39. The zero-order valence-corrected chi connectivity index (χ0v) is 14.4. The highest BCUT2D eigenvalue weighted by Gasteiger charge is 2.28. The summed E-state index contributed by atoms with van der Waals surface area (Å²) in [7, 11) is 0. The van der Waals surface area contributed by atoms with Gasteiger partial charge in [-0.1, -0.05) is 57.4 Å². The first-order valence-electron chi connectivity index (χ1n) is 8.44. The number of allylic oxidation sites excluding steroid dienone is 1. The number of nitrogens with one attached hydrogen (secondary N) is 1. The van der Waals surface area contributed by atoms with E-state index in [9.17, 15) is 0 Å². The van der Waals surface area contributed by atoms with Crippen LogP contribution in [0.15, 0.2) is 30.0 Å². The van der Waals surface area contributed by atoms with Gasteiger partial charge in [-0.15, -0.1) is 5.12 Å². The monoisotopic (exact) mass is 302 g/mol. The van der Waals surface area contributed by atoms with E-state index in [1.165, 1.54) is 36.8 Å². The van der Waals surface area contributed by atoms with Crippen LogP contribution in [0.1, 0.15) is 57.6 Å². The minimum Gasteiger partial charge on any atom is -0.302 e. The molecule has 22 heavy (non-hydrogen) atoms. The summed E-state index contributed by atoms with van der Waals surface area (Å²) in [4.78, 5) is 0. The van der Waals surface area contributed by atoms with Crippen molar-refractivity contribution in [2.45, 2.75) is 53.4 Å². The van der Waals surface area contributed by atoms with Crippen LogP contribution >= 0.6 is 0 Å². The molecule has 0 saturated heterocycles. The van der Waals surface area contributed by atoms with E-state index >= 15 is 0 Å². The number of rotatable bonds is 7. The van der Waals surface area contributed by atoms with Gasteiger partial charge in [0.05, 0.1) is 11.4 Å². The quantitative estimate of drug-likeness (QED) is 0.752. The lowest BCUT2D eigenvalue weighted by molar-refractivity contribution is -0.00466. The molecule has 1 aliphatic heterocycles. The van der Waals surface area contributed by atoms with Crippen molar-refractivity contribution in [2.75, 3.05) is 6.54 Å². The third-order valence-electron chi connectivity index (χ3n) is 4.52. The number of nitrogens with zero attached hydrogens (tertiary/aromatic N) is 2. The first-order valence-corrected chi connectivity index (χ1v) is 8.44. The molecule has 0 saturated carbocycles. The maximum Gasteiger partial charge on any atom is 0.0996 e. The largest absolute Gasteiger partial charge is 0.302 e. The van der Waals surface area contributed by atoms with E-state index in [-0.39, 0.29) is 0 Å². The molecular formula is C18H30N4. The highest BCUT2D eigenvalue weighted by Crippen LogP contribution is 2.29. The van der Waals surface area contributed by atoms with Crippen LogP contribution in [0, 0.1) is 12.8 Å². The summed E-state index contributed by atoms with van der Waals surface area (Å²) in [5, 5.41) is 3.84. The Morgan fingerprint density at radius 1 is 1.18 bits per heavy atom. The Hall–Kier alpha value is -1.52. The lowest BCUT2D eigenvalue weighted by Gasteiger charge is -2.30. The van der Waals surface area contributed by atoms with E-state index in [0.717, 1.165) is 17.9 Å². The van der Waals surface area contributed by atoms with Gasteiger partial charge in [-0.05, 0) is 31.7 Å². The van der Waals surface area contributed by atoms with Crippen molar-refractivity contribution in [1.82, 2.24) is 15.7 Å². The Morgan fingerprint density at radius 3 is 2.55 bits per heavy atom. The van der Waals surface area contributed by atoms with E-state index in [2.05, 4.69) is 62.5 Å². The van der Waals surface area contributed by atoms with E-state index < -0.39 is 0 Å². The molecular weight excluding hydrogens is 272 g/mol. The molecule has 1 aromatic carbocycles. The second-order valence-electron chi connectivity index (χ2n) is 6.24. The molecule has 0 bridgehead atoms. The van der Waals surface area contributed by atoms with Crippen molar-refractivity contribution < 1.29 is 0 Å². The fourth-order valence-electron chi connectivity index (χ4n) is 3.05. The number of hydrogen-bond acceptors (Lipinski definition) is 4. The van der Waals surface area contributed by atoms with Crippen LogP contribution < -0.4 is 11.3 Å². The van der Waals surface area contributed by atoms with Gasteiger partial charge in [0, 0.05) is 12.1 Å². The van der Waals surface area contributed by atoms with E-state index in [0.29, 0.717) is 5.92 Å². The van der Waals surface area contributed by atoms with Crippen LogP contribution in [-0.4, -0.2) is 16.8 Å². The summed E-state index contributed by atoms with van der Waals surface area (Å²) >= 11 is 0. The molecule has 0 amide bonds. The number of hydrazine groups is 3. The van der Waals surface area contributed by atoms with Crippen molar-refractivity contribution in [3.8, 4) is 0 Å². The highest BCUT2D eigenvalue weighted by atomic mass is 15.9. The average Bonchev–Trinajstić information content (AvgIpc) is 2.78. The number of unbranched alkanes of at least 4 members (excludes halogenated alkanes) is 1. The molecule has 0 aromatic heterocycles. The fourth-order valence-corrected chi connectivity index (χ4v) is 3.05. The zero-order valence-electron chi connectivity index (χ0n) is 14.4. The van der Waals surface area contributed by atoms with E-state index in [1.54, 1.807) is 5.12 Å². The molecule has 3 N–H and O–H groups in total. The number of hydrogen-bond donors (Lipinski definition) is 2. The van der Waals surface area contributed by atoms with Gasteiger partial charge in [0.25, 0.3) is 0 Å². The molecule has 1 aliphatic rings. The second kappa shape index (κ2) is 7.65. The smallest absolute Gasteiger partial charge is 0.0996 e. The molecule has 1 heterocycles. The van der Waals surface area contributed by atoms with Gasteiger partial charge in [0.1, 0.15) is 0 Å². The van der Waals surface area contributed by atoms with Gasteiger partial charge < -0.3 is 5.43 Å². The zero-order chi connectivity index (χ0) is 16.1. The summed E-state index contributed by atoms with van der Waals surface area (Å²) in [6.45, 7) is 9.68. The van der Waals surface area contributed by atoms with Crippen molar-refractivity contribution in [3.63, 3.8) is 0 Å². The van der Waals surface area contributed by atoms with Gasteiger partial charge >= 0.3 is 0 Å². The molecule has 1 aromatic rings. The Labute approximate surface area is 134 Å². The standard InChI is InChI=1S/C18H30N4/c1-5-7-11-16(6-2)13-21-20-15(4)18(22(21)19)17-12-9-8-10-14(17)3/h8-10,12,16,20H,5-7,11,13,19H2,1-4H3. The summed E-state index contributed by atoms with van der Waals surface area (Å²) in [5.74, 6) is 7.05. The van der Waals surface area contributed by atoms with Crippen molar-refractivity contribution in [1.29, 1.82) is 0 Å². The van der Waals surface area contributed by atoms with Gasteiger partial charge in [0.2, 0.25) is 0 Å². The minimum atomic E-state index is 0.669. The Bertz CT molecular complexity index is 524. The molecule has 0 fully saturated rings. The Kier molecular flexibility index (Phi) is 5.86. The maximum atomic E-state index is 6.39. The molecule has 4 heteroatoms. The van der Waals surface area contributed by atoms with Crippen molar-refractivity contribution in [3.05, 3.63) is 41.1 Å². The van der Waals surface area contributed by atoms with Crippen LogP contribution in [0.4, 0.5) is 0 Å². The second-order valence-corrected chi connectivity index (χ2v) is 6.24. The molecule has 0 aliphatic carbocycles. The van der Waals surface area contributed by atoms with E-state index in [4.69, 9.17) is 5.84 Å². The number of benzene rings is 1. The number of nitrogens with two attached hydrogens (primary N) is 1. The summed E-state index contributed by atoms with van der Waals surface area (Å²) in [6.07, 6.45) is 4.98. The topological polar surface area (TPSA) is 44.5 Å². The predicted molar refractivity (Wildman–Crippen MR) is 92.9 cm³/mol. The molecule has 0 spiro atoms. The first-order chi connectivity index (χ1) is 10.6. The van der Waals surface area contributed by atoms with Gasteiger partial charge in [0.15, 0.2) is 0 Å². The number of aryl methyl sites for hydroxylation is 1. The Morgan fingerprint density at radius 2 is 1.91 bits per heavy atom. The molecule has 0 radical (unpaired) electrons. The molecule has 122 valence electrons. The van der Waals surface area contributed by atoms with Crippen LogP contribution in [0.2, 0.25) is 0 Å². The Balaban J connectivity index is 2.10. The average molecular weight is 302 g/mol. The maximum absolute atomic E-state index is 6.39. The summed E-state index contributed by atoms with van der Waals surface area (Å²) < 4.78 is 0. The lowest BCUT2D eigenvalue weighted by atomic mass is 9.99. The molecule has 1 unspecified atom stereocenters. The van der Waals surface area contributed by atoms with Gasteiger partial charge in [-0.25, -0.2) is 11.0 Å². The minimum absolute atomic E-state index is 0.669. The van der Waals surface area contributed by atoms with Crippen molar-refractivity contribution >= 4 is 5.70 Å². The fraction of sp³-hybridized carbons (Fsp3) is 0.556. The van der Waals surface area contributed by atoms with Crippen LogP contribution in [0.3, 0.4) is 0 Å². The molecule has 1 atom stereocenters. The molecule has 2 rings (SSSR count). The molecule has 4 nitrogen and oxygen atoms in total. The SMILES string of the molecule is CCCCC(CC)CN1NC(C)=C(c2ccccc2C)N1N. The first kappa shape index (κ1) is 16.8. The summed E-state index contributed by atoms with van der Waals surface area (Å²) in [5.41, 5.74) is 8.06. The van der Waals surface area contributed by atoms with Crippen LogP contribution in [0.25, 0.3) is 5.70 Å². The van der Waals surface area contributed by atoms with Gasteiger partial charge in [-0.3, -0.25) is 0 Å². The van der Waals surface area contributed by atoms with Crippen LogP contribution in [0.5, 0.6) is 0 Å². The van der Waals surface area contributed by atoms with Crippen LogP contribution in [-0.2, 0) is 0 Å². The predicted octanol–water partition coefficient (Wildman–Crippen LogP) is 3.81.